The van der Waals surface area contributed by atoms with E-state index in [0.717, 1.165) is 25.4 Å². The Labute approximate surface area is 110 Å². The van der Waals surface area contributed by atoms with Gasteiger partial charge in [-0.15, -0.1) is 11.3 Å². The average molecular weight is 300 g/mol. The van der Waals surface area contributed by atoms with Crippen LogP contribution in [0.15, 0.2) is 27.6 Å². The predicted molar refractivity (Wildman–Crippen MR) is 75.1 cm³/mol. The van der Waals surface area contributed by atoms with E-state index in [9.17, 15) is 0 Å². The first kappa shape index (κ1) is 12.3. The van der Waals surface area contributed by atoms with Crippen LogP contribution in [0.5, 0.6) is 0 Å². The van der Waals surface area contributed by atoms with Gasteiger partial charge < -0.3 is 5.32 Å². The van der Waals surface area contributed by atoms with Crippen LogP contribution in [0.1, 0.15) is 31.1 Å². The van der Waals surface area contributed by atoms with E-state index in [-0.39, 0.29) is 0 Å². The molecule has 0 amide bonds. The fraction of sp³-hybridized carbons (Fsp3) is 0.538. The first-order chi connectivity index (χ1) is 7.74. The molecule has 1 aromatic heterocycles. The van der Waals surface area contributed by atoms with E-state index in [1.165, 1.54) is 27.1 Å². The van der Waals surface area contributed by atoms with Crippen LogP contribution >= 0.6 is 27.3 Å². The molecule has 0 atom stereocenters. The van der Waals surface area contributed by atoms with Crippen molar-refractivity contribution >= 4 is 27.3 Å². The Bertz CT molecular complexity index is 366. The molecule has 16 heavy (non-hydrogen) atoms. The van der Waals surface area contributed by atoms with Crippen LogP contribution in [-0.4, -0.2) is 12.6 Å². The zero-order valence-corrected chi connectivity index (χ0v) is 12.0. The lowest BCUT2D eigenvalue weighted by atomic mass is 10.1. The highest BCUT2D eigenvalue weighted by molar-refractivity contribution is 9.11. The summed E-state index contributed by atoms with van der Waals surface area (Å²) in [7, 11) is 0. The molecule has 1 saturated carbocycles. The summed E-state index contributed by atoms with van der Waals surface area (Å²) in [5.41, 5.74) is 1.48. The van der Waals surface area contributed by atoms with Gasteiger partial charge in [-0.25, -0.2) is 0 Å². The highest BCUT2D eigenvalue weighted by Gasteiger charge is 2.19. The minimum Gasteiger partial charge on any atom is -0.314 e. The number of thiophene rings is 1. The Morgan fingerprint density at radius 3 is 3.00 bits per heavy atom. The van der Waals surface area contributed by atoms with Gasteiger partial charge in [-0.3, -0.25) is 0 Å². The molecule has 1 heterocycles. The topological polar surface area (TPSA) is 12.0 Å². The molecule has 0 bridgehead atoms. The predicted octanol–water partition coefficient (Wildman–Crippen LogP) is 4.14. The van der Waals surface area contributed by atoms with E-state index in [1.54, 1.807) is 0 Å². The third-order valence-corrected chi connectivity index (χ3v) is 4.35. The monoisotopic (exact) mass is 299 g/mol. The average Bonchev–Trinajstić information content (AvgIpc) is 2.98. The summed E-state index contributed by atoms with van der Waals surface area (Å²) in [5.74, 6) is 0. The third-order valence-electron chi connectivity index (χ3n) is 2.73. The summed E-state index contributed by atoms with van der Waals surface area (Å²) in [4.78, 5) is 1.44. The summed E-state index contributed by atoms with van der Waals surface area (Å²) < 4.78 is 1.23. The molecule has 1 N–H and O–H groups in total. The van der Waals surface area contributed by atoms with Crippen molar-refractivity contribution in [1.82, 2.24) is 5.32 Å². The lowest BCUT2D eigenvalue weighted by Gasteiger charge is -2.01. The molecule has 3 heteroatoms. The van der Waals surface area contributed by atoms with Gasteiger partial charge in [0.25, 0.3) is 0 Å². The normalized spacial score (nSPS) is 16.8. The molecular weight excluding hydrogens is 282 g/mol. The van der Waals surface area contributed by atoms with Crippen molar-refractivity contribution in [1.29, 1.82) is 0 Å². The van der Waals surface area contributed by atoms with Gasteiger partial charge in [0.2, 0.25) is 0 Å². The summed E-state index contributed by atoms with van der Waals surface area (Å²) >= 11 is 5.33. The summed E-state index contributed by atoms with van der Waals surface area (Å²) in [6.07, 6.45) is 7.38. The Kier molecular flexibility index (Phi) is 4.62. The summed E-state index contributed by atoms with van der Waals surface area (Å²) in [6.45, 7) is 3.36. The second-order valence-corrected chi connectivity index (χ2v) is 7.00. The molecule has 1 aliphatic rings. The second kappa shape index (κ2) is 5.99. The molecule has 1 aliphatic carbocycles. The van der Waals surface area contributed by atoms with Crippen molar-refractivity contribution in [2.45, 2.75) is 38.6 Å². The maximum atomic E-state index is 3.53. The fourth-order valence-corrected chi connectivity index (χ4v) is 3.27. The van der Waals surface area contributed by atoms with Crippen molar-refractivity contribution in [2.75, 3.05) is 6.54 Å². The first-order valence-corrected chi connectivity index (χ1v) is 7.48. The van der Waals surface area contributed by atoms with Crippen molar-refractivity contribution < 1.29 is 0 Å². The van der Waals surface area contributed by atoms with Crippen molar-refractivity contribution in [3.05, 3.63) is 32.4 Å². The van der Waals surface area contributed by atoms with Crippen LogP contribution < -0.4 is 5.32 Å². The Balaban J connectivity index is 1.69. The lowest BCUT2D eigenvalue weighted by Crippen LogP contribution is -2.16. The molecule has 1 nitrogen and oxygen atoms in total. The molecule has 2 rings (SSSR count). The van der Waals surface area contributed by atoms with Gasteiger partial charge in [-0.2, -0.15) is 0 Å². The second-order valence-electron chi connectivity index (χ2n) is 4.45. The molecule has 0 radical (unpaired) electrons. The van der Waals surface area contributed by atoms with Crippen LogP contribution in [-0.2, 0) is 6.42 Å². The van der Waals surface area contributed by atoms with Crippen LogP contribution in [0, 0.1) is 0 Å². The van der Waals surface area contributed by atoms with Crippen LogP contribution in [0.25, 0.3) is 0 Å². The van der Waals surface area contributed by atoms with Gasteiger partial charge >= 0.3 is 0 Å². The largest absolute Gasteiger partial charge is 0.314 e. The molecule has 88 valence electrons. The zero-order valence-electron chi connectivity index (χ0n) is 9.63. The third kappa shape index (κ3) is 4.40. The van der Waals surface area contributed by atoms with Crippen LogP contribution in [0.3, 0.4) is 0 Å². The maximum absolute atomic E-state index is 3.53. The highest BCUT2D eigenvalue weighted by Crippen LogP contribution is 2.24. The van der Waals surface area contributed by atoms with Crippen LogP contribution in [0.4, 0.5) is 0 Å². The van der Waals surface area contributed by atoms with Gasteiger partial charge in [0, 0.05) is 17.3 Å². The molecule has 1 fully saturated rings. The first-order valence-electron chi connectivity index (χ1n) is 5.87. The molecule has 0 aliphatic heterocycles. The fourth-order valence-electron chi connectivity index (χ4n) is 1.69. The van der Waals surface area contributed by atoms with E-state index >= 15 is 0 Å². The van der Waals surface area contributed by atoms with E-state index < -0.39 is 0 Å². The Morgan fingerprint density at radius 1 is 1.56 bits per heavy atom. The number of allylic oxidation sites excluding steroid dienone is 1. The number of rotatable bonds is 6. The standard InChI is InChI=1S/C13H18BrNS/c1-10(3-2-8-15-11-4-5-11)9-12-6-7-13(14)16-12/h3,6-7,11,15H,2,4-5,8-9H2,1H3. The van der Waals surface area contributed by atoms with Gasteiger partial charge in [-0.1, -0.05) is 11.6 Å². The summed E-state index contributed by atoms with van der Waals surface area (Å²) in [5, 5.41) is 3.53. The smallest absolute Gasteiger partial charge is 0.0701 e. The van der Waals surface area contributed by atoms with E-state index in [4.69, 9.17) is 0 Å². The Hall–Kier alpha value is -0.120. The minimum atomic E-state index is 0.835. The van der Waals surface area contributed by atoms with Crippen molar-refractivity contribution in [3.63, 3.8) is 0 Å². The van der Waals surface area contributed by atoms with Gasteiger partial charge in [0.05, 0.1) is 3.79 Å². The number of halogens is 1. The molecule has 0 unspecified atom stereocenters. The van der Waals surface area contributed by atoms with Crippen molar-refractivity contribution in [2.24, 2.45) is 0 Å². The number of hydrogen-bond acceptors (Lipinski definition) is 2. The van der Waals surface area contributed by atoms with Gasteiger partial charge in [-0.05, 0) is 60.8 Å². The number of hydrogen-bond donors (Lipinski definition) is 1. The highest BCUT2D eigenvalue weighted by atomic mass is 79.9. The molecule has 0 spiro atoms. The SMILES string of the molecule is CC(=CCCNC1CC1)Cc1ccc(Br)s1. The van der Waals surface area contributed by atoms with Gasteiger partial charge in [0.15, 0.2) is 0 Å². The van der Waals surface area contributed by atoms with Crippen molar-refractivity contribution in [3.8, 4) is 0 Å². The Morgan fingerprint density at radius 2 is 2.38 bits per heavy atom. The maximum Gasteiger partial charge on any atom is 0.0701 e. The lowest BCUT2D eigenvalue weighted by molar-refractivity contribution is 0.688. The molecular formula is C13H18BrNS. The minimum absolute atomic E-state index is 0.835. The molecule has 0 aromatic carbocycles. The molecule has 0 saturated heterocycles. The van der Waals surface area contributed by atoms with E-state index in [2.05, 4.69) is 46.4 Å². The van der Waals surface area contributed by atoms with Gasteiger partial charge in [0.1, 0.15) is 0 Å². The van der Waals surface area contributed by atoms with E-state index in [1.807, 2.05) is 11.3 Å². The quantitative estimate of drug-likeness (QED) is 0.615. The zero-order chi connectivity index (χ0) is 11.4. The van der Waals surface area contributed by atoms with E-state index in [0.29, 0.717) is 0 Å². The van der Waals surface area contributed by atoms with Crippen LogP contribution in [0.2, 0.25) is 0 Å². The molecule has 1 aromatic rings. The summed E-state index contributed by atoms with van der Waals surface area (Å²) in [6, 6.07) is 5.16. The number of nitrogens with one attached hydrogen (secondary N) is 1.